The minimum absolute atomic E-state index is 0.1000. The minimum Gasteiger partial charge on any atom is -0.368 e. The van der Waals surface area contributed by atoms with Gasteiger partial charge < -0.3 is 15.1 Å². The summed E-state index contributed by atoms with van der Waals surface area (Å²) in [7, 11) is 0. The highest BCUT2D eigenvalue weighted by molar-refractivity contribution is 6.35. The van der Waals surface area contributed by atoms with Crippen LogP contribution < -0.4 is 10.2 Å². The fourth-order valence-corrected chi connectivity index (χ4v) is 5.65. The first-order valence-electron chi connectivity index (χ1n) is 10.8. The summed E-state index contributed by atoms with van der Waals surface area (Å²) in [5.41, 5.74) is 3.81. The third kappa shape index (κ3) is 3.63. The van der Waals surface area contributed by atoms with Crippen molar-refractivity contribution in [3.63, 3.8) is 0 Å². The van der Waals surface area contributed by atoms with Crippen LogP contribution in [0.1, 0.15) is 43.7 Å². The van der Waals surface area contributed by atoms with Gasteiger partial charge >= 0.3 is 11.8 Å². The molecule has 0 aromatic heterocycles. The summed E-state index contributed by atoms with van der Waals surface area (Å²) < 4.78 is 0. The number of piperazine rings is 1. The lowest BCUT2D eigenvalue weighted by atomic mass is 9.84. The van der Waals surface area contributed by atoms with Gasteiger partial charge in [0, 0.05) is 37.9 Å². The van der Waals surface area contributed by atoms with Gasteiger partial charge in [0.05, 0.1) is 0 Å². The highest BCUT2D eigenvalue weighted by atomic mass is 16.2. The van der Waals surface area contributed by atoms with Gasteiger partial charge in [-0.1, -0.05) is 18.6 Å². The Balaban J connectivity index is 1.30. The molecule has 4 atom stereocenters. The molecule has 1 N–H and O–H groups in total. The van der Waals surface area contributed by atoms with E-state index < -0.39 is 5.91 Å². The average Bonchev–Trinajstić information content (AvgIpc) is 3.33. The highest BCUT2D eigenvalue weighted by Crippen LogP contribution is 2.49. The maximum Gasteiger partial charge on any atom is 0.312 e. The molecule has 1 heterocycles. The zero-order valence-corrected chi connectivity index (χ0v) is 17.4. The number of nitrogens with zero attached hydrogens (tertiary/aromatic N) is 2. The smallest absolute Gasteiger partial charge is 0.312 e. The van der Waals surface area contributed by atoms with Crippen LogP contribution in [0, 0.1) is 31.6 Å². The van der Waals surface area contributed by atoms with Crippen LogP contribution in [0.4, 0.5) is 5.69 Å². The summed E-state index contributed by atoms with van der Waals surface area (Å²) in [5, 5.41) is 3.02. The first-order valence-corrected chi connectivity index (χ1v) is 10.8. The second kappa shape index (κ2) is 7.76. The topological polar surface area (TPSA) is 52.7 Å². The molecule has 1 aromatic carbocycles. The number of aryl methyl sites for hydroxylation is 1. The maximum atomic E-state index is 12.7. The Kier molecular flexibility index (Phi) is 5.35. The Morgan fingerprint density at radius 3 is 2.46 bits per heavy atom. The summed E-state index contributed by atoms with van der Waals surface area (Å²) in [5.74, 6) is 1.36. The Morgan fingerprint density at radius 1 is 1.07 bits per heavy atom. The van der Waals surface area contributed by atoms with Gasteiger partial charge in [0.2, 0.25) is 0 Å². The molecule has 4 rings (SSSR count). The molecule has 5 nitrogen and oxygen atoms in total. The number of fused-ring (bicyclic) bond motifs is 2. The predicted molar refractivity (Wildman–Crippen MR) is 111 cm³/mol. The molecule has 3 fully saturated rings. The van der Waals surface area contributed by atoms with Gasteiger partial charge in [0.1, 0.15) is 0 Å². The lowest BCUT2D eigenvalue weighted by Crippen LogP contribution is -2.54. The van der Waals surface area contributed by atoms with E-state index in [2.05, 4.69) is 49.2 Å². The Labute approximate surface area is 168 Å². The predicted octanol–water partition coefficient (Wildman–Crippen LogP) is 2.89. The molecule has 28 heavy (non-hydrogen) atoms. The number of anilines is 1. The normalized spacial score (nSPS) is 27.8. The molecule has 4 unspecified atom stereocenters. The van der Waals surface area contributed by atoms with E-state index >= 15 is 0 Å². The van der Waals surface area contributed by atoms with Gasteiger partial charge in [-0.25, -0.2) is 0 Å². The van der Waals surface area contributed by atoms with E-state index in [0.29, 0.717) is 19.0 Å². The molecule has 2 bridgehead atoms. The summed E-state index contributed by atoms with van der Waals surface area (Å²) >= 11 is 0. The number of carbonyl (C=O) groups is 2. The quantitative estimate of drug-likeness (QED) is 0.817. The van der Waals surface area contributed by atoms with E-state index in [1.807, 2.05) is 0 Å². The van der Waals surface area contributed by atoms with Gasteiger partial charge in [0.15, 0.2) is 0 Å². The standard InChI is InChI=1S/C23H33N3O2/c1-15-5-4-6-21(16(15)2)25-9-11-26(12-10-25)23(28)22(27)24-17(3)20-14-18-7-8-19(20)13-18/h4-6,17-20H,7-14H2,1-3H3,(H,24,27). The first kappa shape index (κ1) is 19.3. The molecule has 1 saturated heterocycles. The number of nitrogens with one attached hydrogen (secondary N) is 1. The van der Waals surface area contributed by atoms with Gasteiger partial charge in [-0.2, -0.15) is 0 Å². The zero-order valence-electron chi connectivity index (χ0n) is 17.4. The fourth-order valence-electron chi connectivity index (χ4n) is 5.65. The van der Waals surface area contributed by atoms with E-state index in [1.165, 1.54) is 42.5 Å². The molecular weight excluding hydrogens is 350 g/mol. The molecule has 152 valence electrons. The van der Waals surface area contributed by atoms with Crippen molar-refractivity contribution in [2.75, 3.05) is 31.1 Å². The molecule has 3 aliphatic rings. The van der Waals surface area contributed by atoms with E-state index in [1.54, 1.807) is 4.90 Å². The van der Waals surface area contributed by atoms with Crippen molar-refractivity contribution in [2.24, 2.45) is 17.8 Å². The van der Waals surface area contributed by atoms with Crippen LogP contribution in [0.15, 0.2) is 18.2 Å². The first-order chi connectivity index (χ1) is 13.4. The number of hydrogen-bond acceptors (Lipinski definition) is 3. The largest absolute Gasteiger partial charge is 0.368 e. The van der Waals surface area contributed by atoms with Crippen molar-refractivity contribution >= 4 is 17.5 Å². The molecule has 5 heteroatoms. The van der Waals surface area contributed by atoms with Crippen molar-refractivity contribution in [2.45, 2.75) is 52.5 Å². The van der Waals surface area contributed by atoms with Gasteiger partial charge in [-0.15, -0.1) is 0 Å². The van der Waals surface area contributed by atoms with E-state index in [-0.39, 0.29) is 11.9 Å². The van der Waals surface area contributed by atoms with E-state index in [0.717, 1.165) is 24.9 Å². The second-order valence-corrected chi connectivity index (χ2v) is 9.10. The van der Waals surface area contributed by atoms with Crippen molar-refractivity contribution in [3.8, 4) is 0 Å². The van der Waals surface area contributed by atoms with Crippen LogP contribution >= 0.6 is 0 Å². The molecule has 0 radical (unpaired) electrons. The molecule has 0 spiro atoms. The minimum atomic E-state index is -0.421. The Bertz CT molecular complexity index is 754. The number of amides is 2. The van der Waals surface area contributed by atoms with Gasteiger partial charge in [-0.3, -0.25) is 9.59 Å². The van der Waals surface area contributed by atoms with Gasteiger partial charge in [0.25, 0.3) is 0 Å². The van der Waals surface area contributed by atoms with Crippen molar-refractivity contribution in [1.82, 2.24) is 10.2 Å². The lowest BCUT2D eigenvalue weighted by molar-refractivity contribution is -0.146. The average molecular weight is 384 g/mol. The van der Waals surface area contributed by atoms with E-state index in [4.69, 9.17) is 0 Å². The lowest BCUT2D eigenvalue weighted by Gasteiger charge is -2.37. The Morgan fingerprint density at radius 2 is 1.82 bits per heavy atom. The van der Waals surface area contributed by atoms with Crippen LogP contribution in [0.25, 0.3) is 0 Å². The van der Waals surface area contributed by atoms with Gasteiger partial charge in [-0.05, 0) is 75.0 Å². The number of rotatable bonds is 3. The summed E-state index contributed by atoms with van der Waals surface area (Å²) in [6.07, 6.45) is 5.18. The van der Waals surface area contributed by atoms with Crippen LogP contribution in [0.5, 0.6) is 0 Å². The van der Waals surface area contributed by atoms with Crippen molar-refractivity contribution in [1.29, 1.82) is 0 Å². The van der Waals surface area contributed by atoms with Crippen LogP contribution in [0.3, 0.4) is 0 Å². The molecule has 1 aromatic rings. The van der Waals surface area contributed by atoms with Crippen LogP contribution in [-0.4, -0.2) is 48.9 Å². The number of hydrogen-bond donors (Lipinski definition) is 1. The summed E-state index contributed by atoms with van der Waals surface area (Å²) in [6.45, 7) is 9.09. The van der Waals surface area contributed by atoms with E-state index in [9.17, 15) is 9.59 Å². The van der Waals surface area contributed by atoms with Crippen molar-refractivity contribution in [3.05, 3.63) is 29.3 Å². The molecular formula is C23H33N3O2. The zero-order chi connectivity index (χ0) is 19.8. The van der Waals surface area contributed by atoms with Crippen molar-refractivity contribution < 1.29 is 9.59 Å². The second-order valence-electron chi connectivity index (χ2n) is 9.10. The van der Waals surface area contributed by atoms with Crippen LogP contribution in [-0.2, 0) is 9.59 Å². The van der Waals surface area contributed by atoms with Crippen LogP contribution in [0.2, 0.25) is 0 Å². The molecule has 2 aliphatic carbocycles. The summed E-state index contributed by atoms with van der Waals surface area (Å²) in [4.78, 5) is 29.3. The third-order valence-corrected chi connectivity index (χ3v) is 7.47. The molecule has 2 saturated carbocycles. The Hall–Kier alpha value is -2.04. The SMILES string of the molecule is Cc1cccc(N2CCN(C(=O)C(=O)NC(C)C3CC4CCC3C4)CC2)c1C. The molecule has 2 amide bonds. The number of benzene rings is 1. The monoisotopic (exact) mass is 383 g/mol. The fraction of sp³-hybridized carbons (Fsp3) is 0.652. The molecule has 1 aliphatic heterocycles. The summed E-state index contributed by atoms with van der Waals surface area (Å²) in [6, 6.07) is 6.45. The highest BCUT2D eigenvalue weighted by Gasteiger charge is 2.42. The number of carbonyl (C=O) groups excluding carboxylic acids is 2. The third-order valence-electron chi connectivity index (χ3n) is 7.47. The maximum absolute atomic E-state index is 12.7.